The monoisotopic (exact) mass is 644 g/mol. The van der Waals surface area contributed by atoms with Crippen molar-refractivity contribution in [2.24, 2.45) is 0 Å². The minimum atomic E-state index is -1.32. The van der Waals surface area contributed by atoms with Gasteiger partial charge in [0, 0.05) is 10.0 Å². The van der Waals surface area contributed by atoms with Crippen molar-refractivity contribution in [2.45, 2.75) is 76.5 Å². The number of likely N-dealkylation sites (tertiary alicyclic amines) is 1. The molecule has 1 aliphatic carbocycles. The number of benzene rings is 2. The number of hydrogen-bond donors (Lipinski definition) is 2. The molecule has 0 atom stereocenters. The first kappa shape index (κ1) is 29.9. The van der Waals surface area contributed by atoms with Crippen LogP contribution in [0.25, 0.3) is 11.3 Å². The molecule has 0 radical (unpaired) electrons. The second kappa shape index (κ2) is 10.9. The number of carbonyl (C=O) groups excluding carboxylic acids is 2. The number of anilines is 1. The minimum absolute atomic E-state index is 0.0174. The molecule has 1 saturated heterocycles. The van der Waals surface area contributed by atoms with Crippen molar-refractivity contribution in [3.05, 3.63) is 63.8 Å². The smallest absolute Gasteiger partial charge is 0.410 e. The zero-order valence-electron chi connectivity index (χ0n) is 24.1. The van der Waals surface area contributed by atoms with Gasteiger partial charge in [-0.1, -0.05) is 52.5 Å². The zero-order chi connectivity index (χ0) is 30.4. The molecule has 2 heterocycles. The SMILES string of the molecule is Cc1cc(C2(NC(=O)C3(n4cc(-c5cc(F)c(N)c(F)c5)nn4)CN(C(=O)OC(C)(C)C)C3)CCCCC2)ccc1Br. The highest BCUT2D eigenvalue weighted by Crippen LogP contribution is 2.41. The standard InChI is InChI=1S/C30H35BrF2N6O3/c1-18-12-20(8-9-21(18)31)29(10-6-5-7-11-29)35-26(40)30(16-38(17-30)27(41)42-28(2,3)4)39-15-24(36-37-39)19-13-22(32)25(34)23(33)14-19/h8-9,12-15H,5-7,10-11,16-17,34H2,1-4H3,(H,35,40). The Balaban J connectivity index is 1.51. The van der Waals surface area contributed by atoms with E-state index in [0.29, 0.717) is 0 Å². The number of aryl methyl sites for hydroxylation is 1. The number of nitrogens with two attached hydrogens (primary N) is 1. The van der Waals surface area contributed by atoms with E-state index in [1.807, 2.05) is 19.1 Å². The number of nitrogen functional groups attached to an aromatic ring is 1. The summed E-state index contributed by atoms with van der Waals surface area (Å²) in [5.74, 6) is -2.16. The number of nitrogens with zero attached hydrogens (tertiary/aromatic N) is 4. The molecular weight excluding hydrogens is 610 g/mol. The fourth-order valence-electron chi connectivity index (χ4n) is 5.69. The van der Waals surface area contributed by atoms with Gasteiger partial charge in [0.05, 0.1) is 24.8 Å². The van der Waals surface area contributed by atoms with E-state index < -0.39 is 40.1 Å². The molecule has 224 valence electrons. The highest BCUT2D eigenvalue weighted by atomic mass is 79.9. The number of nitrogens with one attached hydrogen (secondary N) is 1. The number of halogens is 3. The van der Waals surface area contributed by atoms with Crippen molar-refractivity contribution < 1.29 is 23.1 Å². The summed E-state index contributed by atoms with van der Waals surface area (Å²) in [6.45, 7) is 7.29. The van der Waals surface area contributed by atoms with E-state index in [-0.39, 0.29) is 30.3 Å². The van der Waals surface area contributed by atoms with Gasteiger partial charge in [-0.3, -0.25) is 4.79 Å². The van der Waals surface area contributed by atoms with Crippen LogP contribution in [0, 0.1) is 18.6 Å². The summed E-state index contributed by atoms with van der Waals surface area (Å²) in [4.78, 5) is 28.7. The number of amides is 2. The molecule has 3 N–H and O–H groups in total. The van der Waals surface area contributed by atoms with Crippen LogP contribution in [-0.2, 0) is 20.6 Å². The Bertz CT molecular complexity index is 1500. The molecule has 0 bridgehead atoms. The molecule has 42 heavy (non-hydrogen) atoms. The lowest BCUT2D eigenvalue weighted by Crippen LogP contribution is -2.72. The van der Waals surface area contributed by atoms with E-state index >= 15 is 0 Å². The molecule has 0 spiro atoms. The largest absolute Gasteiger partial charge is 0.444 e. The third-order valence-corrected chi connectivity index (χ3v) is 8.95. The summed E-state index contributed by atoms with van der Waals surface area (Å²) in [6.07, 6.45) is 5.42. The molecule has 9 nitrogen and oxygen atoms in total. The van der Waals surface area contributed by atoms with E-state index in [9.17, 15) is 18.4 Å². The molecular formula is C30H35BrF2N6O3. The van der Waals surface area contributed by atoms with Gasteiger partial charge >= 0.3 is 6.09 Å². The summed E-state index contributed by atoms with van der Waals surface area (Å²) in [5.41, 5.74) is 4.56. The van der Waals surface area contributed by atoms with Crippen LogP contribution >= 0.6 is 15.9 Å². The van der Waals surface area contributed by atoms with Gasteiger partial charge in [0.25, 0.3) is 5.91 Å². The average molecular weight is 646 g/mol. The van der Waals surface area contributed by atoms with Gasteiger partial charge in [-0.15, -0.1) is 5.10 Å². The maximum atomic E-state index is 14.4. The molecule has 0 unspecified atom stereocenters. The highest BCUT2D eigenvalue weighted by Gasteiger charge is 2.56. The van der Waals surface area contributed by atoms with Gasteiger partial charge < -0.3 is 20.7 Å². The molecule has 12 heteroatoms. The van der Waals surface area contributed by atoms with Crippen LogP contribution in [0.3, 0.4) is 0 Å². The third kappa shape index (κ3) is 5.60. The highest BCUT2D eigenvalue weighted by molar-refractivity contribution is 9.10. The van der Waals surface area contributed by atoms with Crippen molar-refractivity contribution in [1.29, 1.82) is 0 Å². The van der Waals surface area contributed by atoms with Crippen LogP contribution in [0.1, 0.15) is 64.0 Å². The Kier molecular flexibility index (Phi) is 7.80. The third-order valence-electron chi connectivity index (χ3n) is 8.06. The second-order valence-electron chi connectivity index (χ2n) is 12.3. The Morgan fingerprint density at radius 3 is 2.31 bits per heavy atom. The topological polar surface area (TPSA) is 115 Å². The molecule has 3 aromatic rings. The molecule has 2 aromatic carbocycles. The van der Waals surface area contributed by atoms with Gasteiger partial charge in [0.2, 0.25) is 0 Å². The van der Waals surface area contributed by atoms with Gasteiger partial charge in [0.15, 0.2) is 5.54 Å². The van der Waals surface area contributed by atoms with Crippen LogP contribution in [0.15, 0.2) is 41.0 Å². The number of ether oxygens (including phenoxy) is 1. The van der Waals surface area contributed by atoms with Gasteiger partial charge in [-0.05, 0) is 69.9 Å². The fraction of sp³-hybridized carbons (Fsp3) is 0.467. The van der Waals surface area contributed by atoms with Crippen LogP contribution in [0.2, 0.25) is 0 Å². The average Bonchev–Trinajstić information content (AvgIpc) is 3.38. The molecule has 2 amide bonds. The summed E-state index contributed by atoms with van der Waals surface area (Å²) >= 11 is 3.57. The van der Waals surface area contributed by atoms with E-state index in [1.54, 1.807) is 20.8 Å². The number of aromatic nitrogens is 3. The number of hydrogen-bond acceptors (Lipinski definition) is 6. The lowest BCUT2D eigenvalue weighted by atomic mass is 9.75. The maximum absolute atomic E-state index is 14.4. The Labute approximate surface area is 251 Å². The summed E-state index contributed by atoms with van der Waals surface area (Å²) in [5, 5.41) is 11.7. The summed E-state index contributed by atoms with van der Waals surface area (Å²) in [7, 11) is 0. The van der Waals surface area contributed by atoms with E-state index in [0.717, 1.165) is 59.8 Å². The summed E-state index contributed by atoms with van der Waals surface area (Å²) < 4.78 is 36.3. The first-order valence-electron chi connectivity index (χ1n) is 14.0. The fourth-order valence-corrected chi connectivity index (χ4v) is 5.93. The Morgan fingerprint density at radius 1 is 1.07 bits per heavy atom. The van der Waals surface area contributed by atoms with Gasteiger partial charge in [0.1, 0.15) is 28.6 Å². The number of carbonyl (C=O) groups is 2. The predicted molar refractivity (Wildman–Crippen MR) is 157 cm³/mol. The van der Waals surface area contributed by atoms with E-state index in [2.05, 4.69) is 37.6 Å². The normalized spacial score (nSPS) is 17.8. The lowest BCUT2D eigenvalue weighted by Gasteiger charge is -2.50. The van der Waals surface area contributed by atoms with Crippen LogP contribution in [0.5, 0.6) is 0 Å². The van der Waals surface area contributed by atoms with Crippen LogP contribution in [0.4, 0.5) is 19.3 Å². The van der Waals surface area contributed by atoms with Crippen LogP contribution < -0.4 is 11.1 Å². The zero-order valence-corrected chi connectivity index (χ0v) is 25.7. The molecule has 2 fully saturated rings. The quantitative estimate of drug-likeness (QED) is 0.339. The lowest BCUT2D eigenvalue weighted by molar-refractivity contribution is -0.142. The van der Waals surface area contributed by atoms with Gasteiger partial charge in [-0.2, -0.15) is 0 Å². The Morgan fingerprint density at radius 2 is 1.71 bits per heavy atom. The molecule has 5 rings (SSSR count). The molecule has 1 aliphatic heterocycles. The van der Waals surface area contributed by atoms with Crippen LogP contribution in [-0.4, -0.2) is 50.6 Å². The first-order chi connectivity index (χ1) is 19.7. The number of rotatable bonds is 5. The van der Waals surface area contributed by atoms with Crippen molar-refractivity contribution in [2.75, 3.05) is 18.8 Å². The summed E-state index contributed by atoms with van der Waals surface area (Å²) in [6, 6.07) is 8.25. The van der Waals surface area contributed by atoms with Crippen molar-refractivity contribution in [3.63, 3.8) is 0 Å². The molecule has 1 aromatic heterocycles. The Hall–Kier alpha value is -3.54. The minimum Gasteiger partial charge on any atom is -0.444 e. The molecule has 2 aliphatic rings. The van der Waals surface area contributed by atoms with E-state index in [4.69, 9.17) is 10.5 Å². The second-order valence-corrected chi connectivity index (χ2v) is 13.2. The van der Waals surface area contributed by atoms with Crippen molar-refractivity contribution >= 4 is 33.6 Å². The predicted octanol–water partition coefficient (Wildman–Crippen LogP) is 5.80. The van der Waals surface area contributed by atoms with E-state index in [1.165, 1.54) is 15.8 Å². The van der Waals surface area contributed by atoms with Gasteiger partial charge in [-0.25, -0.2) is 18.3 Å². The van der Waals surface area contributed by atoms with Crippen molar-refractivity contribution in [1.82, 2.24) is 25.2 Å². The van der Waals surface area contributed by atoms with Crippen molar-refractivity contribution in [3.8, 4) is 11.3 Å². The molecule has 1 saturated carbocycles. The maximum Gasteiger partial charge on any atom is 0.410 e. The first-order valence-corrected chi connectivity index (χ1v) is 14.8.